The molecule has 1 rings (SSSR count). The van der Waals surface area contributed by atoms with Crippen LogP contribution in [0.5, 0.6) is 0 Å². The molecule has 3 atom stereocenters. The lowest BCUT2D eigenvalue weighted by Crippen LogP contribution is -2.52. The number of hydrogen-bond donors (Lipinski definition) is 2. The third-order valence-corrected chi connectivity index (χ3v) is 3.38. The first-order valence-corrected chi connectivity index (χ1v) is 5.79. The Balaban J connectivity index is 2.62. The van der Waals surface area contributed by atoms with E-state index in [1.165, 1.54) is 19.4 Å². The van der Waals surface area contributed by atoms with Crippen LogP contribution in [-0.4, -0.2) is 67.8 Å². The minimum Gasteiger partial charge on any atom is -0.390 e. The van der Waals surface area contributed by atoms with Gasteiger partial charge in [-0.1, -0.05) is 0 Å². The molecule has 1 fully saturated rings. The third-order valence-electron chi connectivity index (χ3n) is 3.38. The summed E-state index contributed by atoms with van der Waals surface area (Å²) in [4.78, 5) is 4.45. The van der Waals surface area contributed by atoms with Gasteiger partial charge in [-0.05, 0) is 46.4 Å². The van der Waals surface area contributed by atoms with Gasteiger partial charge in [0.2, 0.25) is 0 Å². The van der Waals surface area contributed by atoms with E-state index in [2.05, 4.69) is 16.8 Å². The van der Waals surface area contributed by atoms with E-state index < -0.39 is 6.10 Å². The van der Waals surface area contributed by atoms with Crippen molar-refractivity contribution in [1.29, 1.82) is 0 Å². The van der Waals surface area contributed by atoms with Crippen LogP contribution in [0.15, 0.2) is 0 Å². The highest BCUT2D eigenvalue weighted by Crippen LogP contribution is 2.23. The van der Waals surface area contributed by atoms with Crippen molar-refractivity contribution in [2.45, 2.75) is 25.0 Å². The van der Waals surface area contributed by atoms with Gasteiger partial charge in [-0.25, -0.2) is 0 Å². The summed E-state index contributed by atoms with van der Waals surface area (Å²) in [7, 11) is 6.20. The molecule has 1 saturated heterocycles. The van der Waals surface area contributed by atoms with Gasteiger partial charge in [0, 0.05) is 19.1 Å². The lowest BCUT2D eigenvalue weighted by atomic mass is 9.87. The molecule has 3 unspecified atom stereocenters. The number of likely N-dealkylation sites (tertiary alicyclic amines) is 1. The van der Waals surface area contributed by atoms with Crippen LogP contribution >= 0.6 is 0 Å². The number of likely N-dealkylation sites (N-methyl/N-ethyl adjacent to an activating group) is 1. The van der Waals surface area contributed by atoms with E-state index in [4.69, 9.17) is 5.73 Å². The predicted octanol–water partition coefficient (Wildman–Crippen LogP) is -0.422. The molecular formula is C11H25N3O. The van der Waals surface area contributed by atoms with Gasteiger partial charge < -0.3 is 20.6 Å². The molecule has 0 spiro atoms. The lowest BCUT2D eigenvalue weighted by Gasteiger charge is -2.40. The van der Waals surface area contributed by atoms with E-state index in [1.54, 1.807) is 0 Å². The second-order valence-electron chi connectivity index (χ2n) is 4.92. The van der Waals surface area contributed by atoms with Crippen LogP contribution in [0.1, 0.15) is 12.8 Å². The number of piperidine rings is 1. The molecule has 4 nitrogen and oxygen atoms in total. The third kappa shape index (κ3) is 3.41. The van der Waals surface area contributed by atoms with E-state index in [0.29, 0.717) is 12.5 Å². The van der Waals surface area contributed by atoms with Gasteiger partial charge in [0.25, 0.3) is 0 Å². The van der Waals surface area contributed by atoms with E-state index in [0.717, 1.165) is 6.54 Å². The second-order valence-corrected chi connectivity index (χ2v) is 4.92. The van der Waals surface area contributed by atoms with Crippen molar-refractivity contribution in [3.63, 3.8) is 0 Å². The largest absolute Gasteiger partial charge is 0.390 e. The van der Waals surface area contributed by atoms with Crippen molar-refractivity contribution in [3.05, 3.63) is 0 Å². The minimum absolute atomic E-state index is 0.192. The van der Waals surface area contributed by atoms with Gasteiger partial charge in [-0.15, -0.1) is 0 Å². The van der Waals surface area contributed by atoms with Gasteiger partial charge in [0.15, 0.2) is 0 Å². The lowest BCUT2D eigenvalue weighted by molar-refractivity contribution is 0.0226. The zero-order valence-electron chi connectivity index (χ0n) is 10.2. The Morgan fingerprint density at radius 1 is 1.53 bits per heavy atom. The molecule has 0 bridgehead atoms. The smallest absolute Gasteiger partial charge is 0.0820 e. The van der Waals surface area contributed by atoms with Gasteiger partial charge in [0.1, 0.15) is 0 Å². The van der Waals surface area contributed by atoms with Gasteiger partial charge in [-0.2, -0.15) is 0 Å². The molecule has 15 heavy (non-hydrogen) atoms. The molecule has 90 valence electrons. The summed E-state index contributed by atoms with van der Waals surface area (Å²) < 4.78 is 0. The maximum atomic E-state index is 9.94. The Labute approximate surface area is 93.0 Å². The van der Waals surface area contributed by atoms with Crippen molar-refractivity contribution >= 4 is 0 Å². The van der Waals surface area contributed by atoms with Gasteiger partial charge in [-0.3, -0.25) is 0 Å². The maximum Gasteiger partial charge on any atom is 0.0820 e. The molecular weight excluding hydrogens is 190 g/mol. The van der Waals surface area contributed by atoms with Crippen molar-refractivity contribution in [3.8, 4) is 0 Å². The number of hydrogen-bond acceptors (Lipinski definition) is 4. The number of aliphatic hydroxyl groups is 1. The first kappa shape index (κ1) is 12.9. The second kappa shape index (κ2) is 5.80. The topological polar surface area (TPSA) is 52.7 Å². The van der Waals surface area contributed by atoms with Crippen LogP contribution < -0.4 is 5.73 Å². The molecule has 0 aromatic heterocycles. The maximum absolute atomic E-state index is 9.94. The number of aliphatic hydroxyl groups excluding tert-OH is 1. The van der Waals surface area contributed by atoms with Crippen molar-refractivity contribution in [1.82, 2.24) is 9.80 Å². The molecule has 0 aromatic rings. The Hall–Kier alpha value is -0.160. The molecule has 0 saturated carbocycles. The fraction of sp³-hybridized carbons (Fsp3) is 1.00. The summed E-state index contributed by atoms with van der Waals surface area (Å²) in [6.45, 7) is 2.60. The fourth-order valence-electron chi connectivity index (χ4n) is 2.70. The average molecular weight is 215 g/mol. The standard InChI is InChI=1S/C11H25N3O/c1-13(2)11(10(15)7-12)9-5-4-6-14(3)8-9/h9-11,15H,4-8,12H2,1-3H3. The normalized spacial score (nSPS) is 28.0. The summed E-state index contributed by atoms with van der Waals surface area (Å²) in [6, 6.07) is 0.192. The molecule has 0 aromatic carbocycles. The van der Waals surface area contributed by atoms with Crippen LogP contribution in [0.3, 0.4) is 0 Å². The molecule has 1 heterocycles. The van der Waals surface area contributed by atoms with Crippen LogP contribution in [0.25, 0.3) is 0 Å². The Kier molecular flexibility index (Phi) is 4.99. The SMILES string of the molecule is CN1CCCC(C(C(O)CN)N(C)C)C1. The highest BCUT2D eigenvalue weighted by molar-refractivity contribution is 4.87. The molecule has 0 aliphatic carbocycles. The highest BCUT2D eigenvalue weighted by Gasteiger charge is 2.31. The number of nitrogens with zero attached hydrogens (tertiary/aromatic N) is 2. The molecule has 0 amide bonds. The highest BCUT2D eigenvalue weighted by atomic mass is 16.3. The minimum atomic E-state index is -0.406. The Morgan fingerprint density at radius 2 is 2.20 bits per heavy atom. The van der Waals surface area contributed by atoms with E-state index in [9.17, 15) is 5.11 Å². The molecule has 1 aliphatic rings. The van der Waals surface area contributed by atoms with Gasteiger partial charge in [0.05, 0.1) is 6.10 Å². The number of rotatable bonds is 4. The van der Waals surface area contributed by atoms with Crippen LogP contribution in [0.4, 0.5) is 0 Å². The monoisotopic (exact) mass is 215 g/mol. The average Bonchev–Trinajstić information content (AvgIpc) is 2.17. The molecule has 0 radical (unpaired) electrons. The summed E-state index contributed by atoms with van der Waals surface area (Å²) >= 11 is 0. The van der Waals surface area contributed by atoms with Crippen molar-refractivity contribution in [2.75, 3.05) is 40.8 Å². The fourth-order valence-corrected chi connectivity index (χ4v) is 2.70. The first-order chi connectivity index (χ1) is 7.06. The molecule has 4 heteroatoms. The van der Waals surface area contributed by atoms with Crippen LogP contribution in [0, 0.1) is 5.92 Å². The summed E-state index contributed by atoms with van der Waals surface area (Å²) in [6.07, 6.45) is 2.02. The molecule has 3 N–H and O–H groups in total. The zero-order chi connectivity index (χ0) is 11.4. The quantitative estimate of drug-likeness (QED) is 0.669. The van der Waals surface area contributed by atoms with Crippen molar-refractivity contribution in [2.24, 2.45) is 11.7 Å². The summed E-state index contributed by atoms with van der Waals surface area (Å²) in [5, 5.41) is 9.94. The molecule has 1 aliphatic heterocycles. The summed E-state index contributed by atoms with van der Waals surface area (Å²) in [5.74, 6) is 0.539. The zero-order valence-corrected chi connectivity index (χ0v) is 10.2. The van der Waals surface area contributed by atoms with E-state index in [-0.39, 0.29) is 6.04 Å². The van der Waals surface area contributed by atoms with Crippen LogP contribution in [0.2, 0.25) is 0 Å². The summed E-state index contributed by atoms with van der Waals surface area (Å²) in [5.41, 5.74) is 5.56. The first-order valence-electron chi connectivity index (χ1n) is 5.79. The van der Waals surface area contributed by atoms with Crippen molar-refractivity contribution < 1.29 is 5.11 Å². The van der Waals surface area contributed by atoms with E-state index in [1.807, 2.05) is 14.1 Å². The van der Waals surface area contributed by atoms with E-state index >= 15 is 0 Å². The number of nitrogens with two attached hydrogens (primary N) is 1. The van der Waals surface area contributed by atoms with Gasteiger partial charge >= 0.3 is 0 Å². The Bertz CT molecular complexity index is 187. The Morgan fingerprint density at radius 3 is 2.67 bits per heavy atom. The predicted molar refractivity (Wildman–Crippen MR) is 62.8 cm³/mol. The van der Waals surface area contributed by atoms with Crippen LogP contribution in [-0.2, 0) is 0 Å².